The minimum Gasteiger partial charge on any atom is -0.374 e. The first-order valence-electron chi connectivity index (χ1n) is 5.28. The quantitative estimate of drug-likeness (QED) is 0.777. The van der Waals surface area contributed by atoms with E-state index in [1.165, 1.54) is 12.3 Å². The van der Waals surface area contributed by atoms with Crippen LogP contribution in [0.1, 0.15) is 10.4 Å². The van der Waals surface area contributed by atoms with Crippen LogP contribution in [0.2, 0.25) is 0 Å². The van der Waals surface area contributed by atoms with Crippen molar-refractivity contribution in [3.05, 3.63) is 29.8 Å². The Morgan fingerprint density at radius 3 is 3.18 bits per heavy atom. The van der Waals surface area contributed by atoms with Gasteiger partial charge in [-0.05, 0) is 6.07 Å². The lowest BCUT2D eigenvalue weighted by molar-refractivity contribution is -0.00968. The number of morpholine rings is 1. The Labute approximate surface area is 107 Å². The molecule has 0 N–H and O–H groups in total. The van der Waals surface area contributed by atoms with Crippen LogP contribution in [0.4, 0.5) is 4.39 Å². The van der Waals surface area contributed by atoms with Crippen LogP contribution in [0, 0.1) is 5.82 Å². The average molecular weight is 303 g/mol. The molecular formula is C11H12BrFN2O2. The largest absolute Gasteiger partial charge is 0.374 e. The van der Waals surface area contributed by atoms with Crippen LogP contribution in [0.25, 0.3) is 0 Å². The Bertz CT molecular complexity index is 416. The molecule has 0 spiro atoms. The zero-order chi connectivity index (χ0) is 12.3. The summed E-state index contributed by atoms with van der Waals surface area (Å²) in [5.41, 5.74) is 0.278. The summed E-state index contributed by atoms with van der Waals surface area (Å²) >= 11 is 3.32. The molecule has 0 radical (unpaired) electrons. The van der Waals surface area contributed by atoms with Gasteiger partial charge in [0.25, 0.3) is 5.91 Å². The molecule has 0 saturated carbocycles. The summed E-state index contributed by atoms with van der Waals surface area (Å²) in [6, 6.07) is 1.20. The Balaban J connectivity index is 2.09. The highest BCUT2D eigenvalue weighted by atomic mass is 79.9. The average Bonchev–Trinajstić information content (AvgIpc) is 2.38. The molecule has 2 heterocycles. The summed E-state index contributed by atoms with van der Waals surface area (Å²) in [6.45, 7) is 1.55. The number of nitrogens with zero attached hydrogens (tertiary/aromatic N) is 2. The topological polar surface area (TPSA) is 42.4 Å². The van der Waals surface area contributed by atoms with Gasteiger partial charge in [0.2, 0.25) is 0 Å². The van der Waals surface area contributed by atoms with Crippen LogP contribution in [0.15, 0.2) is 18.5 Å². The summed E-state index contributed by atoms with van der Waals surface area (Å²) in [5.74, 6) is -0.701. The lowest BCUT2D eigenvalue weighted by atomic mass is 10.2. The predicted molar refractivity (Wildman–Crippen MR) is 63.6 cm³/mol. The van der Waals surface area contributed by atoms with Crippen molar-refractivity contribution in [2.45, 2.75) is 6.10 Å². The Hall–Kier alpha value is -1.01. The SMILES string of the molecule is O=C(c1cncc(F)c1)N1CCOC(CBr)C1. The van der Waals surface area contributed by atoms with Crippen LogP contribution in [0.5, 0.6) is 0 Å². The Kier molecular flexibility index (Phi) is 4.06. The Morgan fingerprint density at radius 2 is 2.47 bits per heavy atom. The number of rotatable bonds is 2. The van der Waals surface area contributed by atoms with E-state index in [4.69, 9.17) is 4.74 Å². The van der Waals surface area contributed by atoms with Crippen molar-refractivity contribution in [1.82, 2.24) is 9.88 Å². The van der Waals surface area contributed by atoms with Gasteiger partial charge in [-0.25, -0.2) is 4.39 Å². The maximum Gasteiger partial charge on any atom is 0.255 e. The smallest absolute Gasteiger partial charge is 0.255 e. The fraction of sp³-hybridized carbons (Fsp3) is 0.455. The maximum atomic E-state index is 13.0. The number of aromatic nitrogens is 1. The maximum absolute atomic E-state index is 13.0. The van der Waals surface area contributed by atoms with Gasteiger partial charge in [-0.1, -0.05) is 15.9 Å². The molecule has 0 aromatic carbocycles. The van der Waals surface area contributed by atoms with Gasteiger partial charge < -0.3 is 9.64 Å². The van der Waals surface area contributed by atoms with Crippen LogP contribution in [-0.4, -0.2) is 46.9 Å². The number of halogens is 2. The van der Waals surface area contributed by atoms with Crippen molar-refractivity contribution < 1.29 is 13.9 Å². The second-order valence-corrected chi connectivity index (χ2v) is 4.44. The molecule has 1 aliphatic heterocycles. The first-order valence-corrected chi connectivity index (χ1v) is 6.40. The third kappa shape index (κ3) is 3.01. The van der Waals surface area contributed by atoms with Crippen molar-refractivity contribution in [2.24, 2.45) is 0 Å². The minimum absolute atomic E-state index is 0.00535. The molecule has 4 nitrogen and oxygen atoms in total. The highest BCUT2D eigenvalue weighted by Gasteiger charge is 2.24. The summed E-state index contributed by atoms with van der Waals surface area (Å²) in [5, 5.41) is 0.679. The minimum atomic E-state index is -0.499. The van der Waals surface area contributed by atoms with E-state index in [1.807, 2.05) is 0 Å². The van der Waals surface area contributed by atoms with Gasteiger partial charge in [0.05, 0.1) is 24.5 Å². The van der Waals surface area contributed by atoms with Crippen LogP contribution in [0.3, 0.4) is 0 Å². The number of carbonyl (C=O) groups is 1. The van der Waals surface area contributed by atoms with E-state index in [1.54, 1.807) is 4.90 Å². The molecule has 1 fully saturated rings. The van der Waals surface area contributed by atoms with Gasteiger partial charge in [0.15, 0.2) is 0 Å². The van der Waals surface area contributed by atoms with E-state index < -0.39 is 5.82 Å². The molecule has 17 heavy (non-hydrogen) atoms. The first kappa shape index (κ1) is 12.4. The molecule has 2 rings (SSSR count). The van der Waals surface area contributed by atoms with Crippen molar-refractivity contribution in [1.29, 1.82) is 0 Å². The van der Waals surface area contributed by atoms with Gasteiger partial charge in [-0.3, -0.25) is 9.78 Å². The van der Waals surface area contributed by atoms with Crippen molar-refractivity contribution in [2.75, 3.05) is 25.0 Å². The molecule has 1 unspecified atom stereocenters. The third-order valence-corrected chi connectivity index (χ3v) is 3.27. The summed E-state index contributed by atoms with van der Waals surface area (Å²) in [6.07, 6.45) is 2.45. The summed E-state index contributed by atoms with van der Waals surface area (Å²) in [4.78, 5) is 17.4. The van der Waals surface area contributed by atoms with Gasteiger partial charge >= 0.3 is 0 Å². The van der Waals surface area contributed by atoms with Crippen molar-refractivity contribution in [3.8, 4) is 0 Å². The van der Waals surface area contributed by atoms with Gasteiger partial charge in [0, 0.05) is 24.6 Å². The van der Waals surface area contributed by atoms with E-state index in [-0.39, 0.29) is 17.6 Å². The highest BCUT2D eigenvalue weighted by molar-refractivity contribution is 9.09. The lowest BCUT2D eigenvalue weighted by Crippen LogP contribution is -2.46. The molecule has 92 valence electrons. The van der Waals surface area contributed by atoms with Gasteiger partial charge in [-0.15, -0.1) is 0 Å². The fourth-order valence-corrected chi connectivity index (χ4v) is 2.10. The number of hydrogen-bond donors (Lipinski definition) is 0. The number of ether oxygens (including phenoxy) is 1. The lowest BCUT2D eigenvalue weighted by Gasteiger charge is -2.32. The fourth-order valence-electron chi connectivity index (χ4n) is 1.71. The molecule has 1 aromatic heterocycles. The van der Waals surface area contributed by atoms with E-state index in [2.05, 4.69) is 20.9 Å². The highest BCUT2D eigenvalue weighted by Crippen LogP contribution is 2.12. The zero-order valence-electron chi connectivity index (χ0n) is 9.10. The second kappa shape index (κ2) is 5.55. The molecule has 0 aliphatic carbocycles. The van der Waals surface area contributed by atoms with E-state index >= 15 is 0 Å². The molecule has 1 amide bonds. The molecule has 6 heteroatoms. The van der Waals surface area contributed by atoms with Crippen LogP contribution in [-0.2, 0) is 4.74 Å². The number of hydrogen-bond acceptors (Lipinski definition) is 3. The second-order valence-electron chi connectivity index (χ2n) is 3.79. The third-order valence-electron chi connectivity index (χ3n) is 2.55. The molecule has 0 bridgehead atoms. The first-order chi connectivity index (χ1) is 8.20. The van der Waals surface area contributed by atoms with E-state index in [0.29, 0.717) is 25.0 Å². The molecule has 1 aromatic rings. The van der Waals surface area contributed by atoms with Crippen molar-refractivity contribution in [3.63, 3.8) is 0 Å². The van der Waals surface area contributed by atoms with Gasteiger partial charge in [-0.2, -0.15) is 0 Å². The van der Waals surface area contributed by atoms with Gasteiger partial charge in [0.1, 0.15) is 5.82 Å². The normalized spacial score (nSPS) is 20.4. The van der Waals surface area contributed by atoms with E-state index in [9.17, 15) is 9.18 Å². The van der Waals surface area contributed by atoms with E-state index in [0.717, 1.165) is 6.20 Å². The molecule has 1 saturated heterocycles. The molecule has 1 aliphatic rings. The number of pyridine rings is 1. The summed E-state index contributed by atoms with van der Waals surface area (Å²) < 4.78 is 18.4. The van der Waals surface area contributed by atoms with Crippen LogP contribution >= 0.6 is 15.9 Å². The van der Waals surface area contributed by atoms with Crippen molar-refractivity contribution >= 4 is 21.8 Å². The number of amides is 1. The predicted octanol–water partition coefficient (Wildman–Crippen LogP) is 1.46. The Morgan fingerprint density at radius 1 is 1.65 bits per heavy atom. The standard InChI is InChI=1S/C11H12BrFN2O2/c12-4-10-7-15(1-2-17-10)11(16)8-3-9(13)6-14-5-8/h3,5-6,10H,1-2,4,7H2. The zero-order valence-corrected chi connectivity index (χ0v) is 10.7. The number of carbonyl (C=O) groups excluding carboxylic acids is 1. The summed E-state index contributed by atoms with van der Waals surface area (Å²) in [7, 11) is 0. The van der Waals surface area contributed by atoms with Crippen LogP contribution < -0.4 is 0 Å². The molecule has 1 atom stereocenters. The molecular weight excluding hydrogens is 291 g/mol. The monoisotopic (exact) mass is 302 g/mol. The number of alkyl halides is 1.